The van der Waals surface area contributed by atoms with Gasteiger partial charge in [0.15, 0.2) is 6.29 Å². The predicted molar refractivity (Wildman–Crippen MR) is 111 cm³/mol. The van der Waals surface area contributed by atoms with Gasteiger partial charge in [-0.1, -0.05) is 44.9 Å². The van der Waals surface area contributed by atoms with E-state index in [-0.39, 0.29) is 35.4 Å². The molecule has 0 aromatic heterocycles. The fourth-order valence-corrected chi connectivity index (χ4v) is 8.34. The fraction of sp³-hybridized carbons (Fsp3) is 0.840. The van der Waals surface area contributed by atoms with Crippen LogP contribution >= 0.6 is 0 Å². The third-order valence-electron chi connectivity index (χ3n) is 10.1. The Bertz CT molecular complexity index is 846. The Labute approximate surface area is 179 Å². The van der Waals surface area contributed by atoms with Crippen molar-refractivity contribution in [2.24, 2.45) is 34.5 Å². The van der Waals surface area contributed by atoms with Crippen LogP contribution in [0.1, 0.15) is 59.8 Å². The summed E-state index contributed by atoms with van der Waals surface area (Å²) in [5.74, 6) is 0.515. The van der Waals surface area contributed by atoms with Gasteiger partial charge in [-0.3, -0.25) is 0 Å². The molecule has 2 bridgehead atoms. The number of aliphatic hydroxyl groups excluding tert-OH is 2. The standard InChI is InChI=1S/C25H36O5/c1-12(2)13-7-8-23(3)9-10-24(4)15(18(13)23)6-5-14-16-17-20(27)25(28,19(14)26)11-29-22(17)30-21(16)24/h5,12,15-17,19-22,26-28H,6-11H2,1-4H3/t15-,16+,17?,19?,20?,21+,22?,23-,24-,25?/m1/s1. The number of hydrogen-bond acceptors (Lipinski definition) is 5. The second-order valence-corrected chi connectivity index (χ2v) is 11.8. The second-order valence-electron chi connectivity index (χ2n) is 11.8. The van der Waals surface area contributed by atoms with Crippen molar-refractivity contribution in [2.75, 3.05) is 6.61 Å². The molecule has 0 radical (unpaired) electrons. The van der Waals surface area contributed by atoms with Gasteiger partial charge < -0.3 is 24.8 Å². The average molecular weight is 417 g/mol. The van der Waals surface area contributed by atoms with Gasteiger partial charge in [0.1, 0.15) is 11.7 Å². The summed E-state index contributed by atoms with van der Waals surface area (Å²) in [5.41, 5.74) is 2.71. The molecule has 6 rings (SSSR count). The average Bonchev–Trinajstić information content (AvgIpc) is 3.23. The Kier molecular flexibility index (Phi) is 3.98. The van der Waals surface area contributed by atoms with Crippen LogP contribution in [-0.2, 0) is 9.47 Å². The van der Waals surface area contributed by atoms with Gasteiger partial charge in [-0.2, -0.15) is 0 Å². The van der Waals surface area contributed by atoms with Crippen molar-refractivity contribution in [1.29, 1.82) is 0 Å². The van der Waals surface area contributed by atoms with Crippen molar-refractivity contribution in [3.05, 3.63) is 22.8 Å². The molecule has 2 saturated heterocycles. The van der Waals surface area contributed by atoms with Crippen molar-refractivity contribution in [1.82, 2.24) is 0 Å². The van der Waals surface area contributed by atoms with Gasteiger partial charge in [0.2, 0.25) is 0 Å². The minimum atomic E-state index is -1.64. The molecule has 166 valence electrons. The SMILES string of the molecule is CC(C)C1=C2[C@H]3CC=C4C(O)C5(O)COC6O[C@@H]([C@@H]4C6C5O)[C@]3(C)CC[C@@]2(C)CC1. The lowest BCUT2D eigenvalue weighted by atomic mass is 9.52. The van der Waals surface area contributed by atoms with Gasteiger partial charge in [-0.25, -0.2) is 0 Å². The first-order chi connectivity index (χ1) is 14.1. The maximum atomic E-state index is 11.2. The van der Waals surface area contributed by atoms with Crippen LogP contribution in [0.2, 0.25) is 0 Å². The molecule has 2 aliphatic heterocycles. The summed E-state index contributed by atoms with van der Waals surface area (Å²) in [6, 6.07) is 0. The van der Waals surface area contributed by atoms with Crippen molar-refractivity contribution < 1.29 is 24.8 Å². The van der Waals surface area contributed by atoms with Gasteiger partial charge >= 0.3 is 0 Å². The van der Waals surface area contributed by atoms with Crippen LogP contribution in [-0.4, -0.2) is 52.1 Å². The van der Waals surface area contributed by atoms with Crippen LogP contribution in [0.3, 0.4) is 0 Å². The van der Waals surface area contributed by atoms with Gasteiger partial charge in [0, 0.05) is 17.3 Å². The zero-order chi connectivity index (χ0) is 21.2. The molecule has 0 spiro atoms. The van der Waals surface area contributed by atoms with Gasteiger partial charge in [0.25, 0.3) is 0 Å². The molecule has 2 saturated carbocycles. The van der Waals surface area contributed by atoms with E-state index in [1.165, 1.54) is 19.3 Å². The van der Waals surface area contributed by atoms with E-state index < -0.39 is 24.1 Å². The van der Waals surface area contributed by atoms with Gasteiger partial charge in [-0.15, -0.1) is 0 Å². The van der Waals surface area contributed by atoms with Crippen LogP contribution < -0.4 is 0 Å². The summed E-state index contributed by atoms with van der Waals surface area (Å²) >= 11 is 0. The molecule has 0 aromatic rings. The van der Waals surface area contributed by atoms with E-state index >= 15 is 0 Å². The zero-order valence-corrected chi connectivity index (χ0v) is 18.6. The number of hydrogen-bond donors (Lipinski definition) is 3. The molecule has 30 heavy (non-hydrogen) atoms. The molecular weight excluding hydrogens is 380 g/mol. The first-order valence-corrected chi connectivity index (χ1v) is 11.9. The monoisotopic (exact) mass is 416 g/mol. The molecule has 4 aliphatic carbocycles. The smallest absolute Gasteiger partial charge is 0.164 e. The van der Waals surface area contributed by atoms with E-state index in [1.807, 2.05) is 0 Å². The zero-order valence-electron chi connectivity index (χ0n) is 18.6. The van der Waals surface area contributed by atoms with Gasteiger partial charge in [0.05, 0.1) is 18.8 Å². The predicted octanol–water partition coefficient (Wildman–Crippen LogP) is 2.94. The van der Waals surface area contributed by atoms with Crippen LogP contribution in [0.5, 0.6) is 0 Å². The summed E-state index contributed by atoms with van der Waals surface area (Å²) in [6.07, 6.45) is 5.03. The van der Waals surface area contributed by atoms with Gasteiger partial charge in [-0.05, 0) is 54.9 Å². The highest BCUT2D eigenvalue weighted by molar-refractivity contribution is 5.40. The van der Waals surface area contributed by atoms with E-state index in [0.717, 1.165) is 18.4 Å². The first-order valence-electron chi connectivity index (χ1n) is 11.9. The highest BCUT2D eigenvalue weighted by atomic mass is 16.7. The lowest BCUT2D eigenvalue weighted by molar-refractivity contribution is -0.289. The summed E-state index contributed by atoms with van der Waals surface area (Å²) in [6.45, 7) is 9.37. The Morgan fingerprint density at radius 1 is 1.13 bits per heavy atom. The van der Waals surface area contributed by atoms with E-state index in [1.54, 1.807) is 11.1 Å². The highest BCUT2D eigenvalue weighted by Gasteiger charge is 2.70. The Hall–Kier alpha value is -0.720. The summed E-state index contributed by atoms with van der Waals surface area (Å²) < 4.78 is 12.5. The largest absolute Gasteiger partial charge is 0.389 e. The topological polar surface area (TPSA) is 79.2 Å². The third kappa shape index (κ3) is 2.17. The van der Waals surface area contributed by atoms with Crippen LogP contribution in [0.4, 0.5) is 0 Å². The summed E-state index contributed by atoms with van der Waals surface area (Å²) in [7, 11) is 0. The van der Waals surface area contributed by atoms with Crippen LogP contribution in [0.25, 0.3) is 0 Å². The van der Waals surface area contributed by atoms with E-state index in [9.17, 15) is 15.3 Å². The second kappa shape index (κ2) is 5.99. The molecule has 5 unspecified atom stereocenters. The van der Waals surface area contributed by atoms with E-state index in [0.29, 0.717) is 11.8 Å². The highest BCUT2D eigenvalue weighted by Crippen LogP contribution is 2.67. The maximum Gasteiger partial charge on any atom is 0.164 e. The Balaban J connectivity index is 1.52. The fourth-order valence-electron chi connectivity index (χ4n) is 8.34. The molecule has 2 heterocycles. The number of allylic oxidation sites excluding steroid dienone is 3. The lowest BCUT2D eigenvalue weighted by Crippen LogP contribution is -2.68. The first kappa shape index (κ1) is 19.9. The van der Waals surface area contributed by atoms with Crippen LogP contribution in [0, 0.1) is 34.5 Å². The van der Waals surface area contributed by atoms with Crippen molar-refractivity contribution >= 4 is 0 Å². The molecule has 4 fully saturated rings. The molecule has 6 aliphatic rings. The molecule has 5 heteroatoms. The van der Waals surface area contributed by atoms with E-state index in [4.69, 9.17) is 9.47 Å². The molecular formula is C25H36O5. The third-order valence-corrected chi connectivity index (χ3v) is 10.1. The van der Waals surface area contributed by atoms with Crippen molar-refractivity contribution in [2.45, 2.75) is 90.0 Å². The molecule has 5 nitrogen and oxygen atoms in total. The number of ether oxygens (including phenoxy) is 2. The summed E-state index contributed by atoms with van der Waals surface area (Å²) in [5, 5.41) is 33.3. The molecule has 0 amide bonds. The minimum Gasteiger partial charge on any atom is -0.389 e. The number of fused-ring (bicyclic) bond motifs is 5. The molecule has 0 aromatic carbocycles. The normalized spacial score (nSPS) is 56.5. The minimum absolute atomic E-state index is 0.0716. The number of rotatable bonds is 1. The number of aliphatic hydroxyl groups is 3. The van der Waals surface area contributed by atoms with Crippen LogP contribution in [0.15, 0.2) is 22.8 Å². The Morgan fingerprint density at radius 2 is 1.90 bits per heavy atom. The Morgan fingerprint density at radius 3 is 2.63 bits per heavy atom. The quantitative estimate of drug-likeness (QED) is 0.573. The summed E-state index contributed by atoms with van der Waals surface area (Å²) in [4.78, 5) is 0. The molecule has 10 atom stereocenters. The van der Waals surface area contributed by atoms with Crippen molar-refractivity contribution in [3.8, 4) is 0 Å². The molecule has 3 N–H and O–H groups in total. The van der Waals surface area contributed by atoms with Crippen molar-refractivity contribution in [3.63, 3.8) is 0 Å². The maximum absolute atomic E-state index is 11.2. The van der Waals surface area contributed by atoms with E-state index in [2.05, 4.69) is 33.8 Å². The lowest BCUT2D eigenvalue weighted by Gasteiger charge is -2.54.